The molecule has 0 unspecified atom stereocenters. The third-order valence-corrected chi connectivity index (χ3v) is 4.49. The molecule has 1 aliphatic carbocycles. The van der Waals surface area contributed by atoms with Gasteiger partial charge < -0.3 is 19.7 Å². The standard InChI is InChI=1S/C24H20O4/c25-20-6-10-22(11-7-20)27-24(28-23-12-8-21(26)9-13-23)16-14-19(15-17-24)18-4-2-1-3-5-18/h1-16,25-26H,17H2. The molecule has 140 valence electrons. The van der Waals surface area contributed by atoms with Crippen LogP contribution in [-0.2, 0) is 0 Å². The van der Waals surface area contributed by atoms with Crippen LogP contribution < -0.4 is 9.47 Å². The summed E-state index contributed by atoms with van der Waals surface area (Å²) in [7, 11) is 0. The van der Waals surface area contributed by atoms with Crippen LogP contribution >= 0.6 is 0 Å². The third-order valence-electron chi connectivity index (χ3n) is 4.49. The first-order valence-corrected chi connectivity index (χ1v) is 9.03. The van der Waals surface area contributed by atoms with Crippen LogP contribution in [-0.4, -0.2) is 16.0 Å². The van der Waals surface area contributed by atoms with Crippen LogP contribution in [0.2, 0.25) is 0 Å². The molecule has 4 heteroatoms. The highest BCUT2D eigenvalue weighted by Crippen LogP contribution is 2.34. The predicted molar refractivity (Wildman–Crippen MR) is 108 cm³/mol. The molecule has 0 atom stereocenters. The van der Waals surface area contributed by atoms with Gasteiger partial charge in [0.25, 0.3) is 5.79 Å². The monoisotopic (exact) mass is 372 g/mol. The van der Waals surface area contributed by atoms with Gasteiger partial charge in [0.15, 0.2) is 0 Å². The molecule has 0 saturated carbocycles. The Hall–Kier alpha value is -3.66. The fourth-order valence-electron chi connectivity index (χ4n) is 3.05. The fraction of sp³-hybridized carbons (Fsp3) is 0.0833. The van der Waals surface area contributed by atoms with Crippen LogP contribution in [0.25, 0.3) is 5.57 Å². The highest BCUT2D eigenvalue weighted by Gasteiger charge is 2.33. The molecule has 0 fully saturated rings. The average Bonchev–Trinajstić information content (AvgIpc) is 2.73. The van der Waals surface area contributed by atoms with E-state index in [0.29, 0.717) is 17.9 Å². The summed E-state index contributed by atoms with van der Waals surface area (Å²) >= 11 is 0. The minimum Gasteiger partial charge on any atom is -0.508 e. The summed E-state index contributed by atoms with van der Waals surface area (Å²) in [5.74, 6) is 0.472. The summed E-state index contributed by atoms with van der Waals surface area (Å²) in [5, 5.41) is 19.0. The van der Waals surface area contributed by atoms with Crippen molar-refractivity contribution in [2.24, 2.45) is 0 Å². The first kappa shape index (κ1) is 17.7. The Morgan fingerprint density at radius 3 is 1.68 bits per heavy atom. The fourth-order valence-corrected chi connectivity index (χ4v) is 3.05. The molecule has 0 radical (unpaired) electrons. The Bertz CT molecular complexity index is 940. The van der Waals surface area contributed by atoms with Crippen LogP contribution in [0.15, 0.2) is 97.1 Å². The molecule has 0 aliphatic heterocycles. The van der Waals surface area contributed by atoms with Crippen molar-refractivity contribution in [3.63, 3.8) is 0 Å². The van der Waals surface area contributed by atoms with Crippen molar-refractivity contribution in [1.29, 1.82) is 0 Å². The van der Waals surface area contributed by atoms with Gasteiger partial charge >= 0.3 is 0 Å². The van der Waals surface area contributed by atoms with E-state index in [1.165, 1.54) is 0 Å². The van der Waals surface area contributed by atoms with E-state index in [1.807, 2.05) is 30.4 Å². The summed E-state index contributed by atoms with van der Waals surface area (Å²) < 4.78 is 12.4. The topological polar surface area (TPSA) is 58.9 Å². The zero-order valence-electron chi connectivity index (χ0n) is 15.2. The van der Waals surface area contributed by atoms with Gasteiger partial charge in [-0.1, -0.05) is 42.5 Å². The van der Waals surface area contributed by atoms with Crippen LogP contribution in [0.5, 0.6) is 23.0 Å². The highest BCUT2D eigenvalue weighted by molar-refractivity contribution is 5.75. The molecule has 3 aromatic carbocycles. The predicted octanol–water partition coefficient (Wildman–Crippen LogP) is 5.30. The number of rotatable bonds is 5. The van der Waals surface area contributed by atoms with Gasteiger partial charge in [-0.25, -0.2) is 0 Å². The summed E-state index contributed by atoms with van der Waals surface area (Å²) in [6.07, 6.45) is 6.46. The van der Waals surface area contributed by atoms with E-state index in [0.717, 1.165) is 11.1 Å². The third kappa shape index (κ3) is 4.01. The largest absolute Gasteiger partial charge is 0.508 e. The van der Waals surface area contributed by atoms with Gasteiger partial charge in [0.1, 0.15) is 23.0 Å². The maximum atomic E-state index is 9.51. The second-order valence-corrected chi connectivity index (χ2v) is 6.57. The van der Waals surface area contributed by atoms with E-state index in [9.17, 15) is 10.2 Å². The molecule has 2 N–H and O–H groups in total. The summed E-state index contributed by atoms with van der Waals surface area (Å²) in [6, 6.07) is 23.2. The first-order valence-electron chi connectivity index (χ1n) is 9.03. The van der Waals surface area contributed by atoms with Gasteiger partial charge in [-0.3, -0.25) is 0 Å². The molecule has 3 aromatic rings. The highest BCUT2D eigenvalue weighted by atomic mass is 16.7. The molecule has 1 aliphatic rings. The van der Waals surface area contributed by atoms with E-state index in [4.69, 9.17) is 9.47 Å². The van der Waals surface area contributed by atoms with E-state index in [2.05, 4.69) is 18.2 Å². The number of allylic oxidation sites excluding steroid dienone is 2. The first-order chi connectivity index (χ1) is 13.6. The van der Waals surface area contributed by atoms with Crippen LogP contribution in [0.4, 0.5) is 0 Å². The Labute approximate surface area is 163 Å². The van der Waals surface area contributed by atoms with Crippen LogP contribution in [0.3, 0.4) is 0 Å². The van der Waals surface area contributed by atoms with Crippen molar-refractivity contribution in [3.8, 4) is 23.0 Å². The summed E-state index contributed by atoms with van der Waals surface area (Å²) in [5.41, 5.74) is 2.22. The van der Waals surface area contributed by atoms with E-state index >= 15 is 0 Å². The molecule has 4 nitrogen and oxygen atoms in total. The number of benzene rings is 3. The zero-order chi connectivity index (χ0) is 19.4. The van der Waals surface area contributed by atoms with E-state index < -0.39 is 5.79 Å². The second-order valence-electron chi connectivity index (χ2n) is 6.57. The molecule has 0 spiro atoms. The number of phenols is 2. The minimum atomic E-state index is -1.04. The summed E-state index contributed by atoms with van der Waals surface area (Å²) in [6.45, 7) is 0. The molecule has 0 amide bonds. The zero-order valence-corrected chi connectivity index (χ0v) is 15.2. The Kier molecular flexibility index (Phi) is 4.77. The van der Waals surface area contributed by atoms with Gasteiger partial charge in [-0.15, -0.1) is 0 Å². The van der Waals surface area contributed by atoms with Crippen molar-refractivity contribution in [2.45, 2.75) is 12.2 Å². The maximum Gasteiger partial charge on any atom is 0.274 e. The summed E-state index contributed by atoms with van der Waals surface area (Å²) in [4.78, 5) is 0. The minimum absolute atomic E-state index is 0.172. The number of hydrogen-bond acceptors (Lipinski definition) is 4. The Morgan fingerprint density at radius 1 is 0.679 bits per heavy atom. The molecule has 0 aromatic heterocycles. The van der Waals surface area contributed by atoms with Crippen LogP contribution in [0, 0.1) is 0 Å². The lowest BCUT2D eigenvalue weighted by atomic mass is 9.96. The molecular weight excluding hydrogens is 352 g/mol. The lowest BCUT2D eigenvalue weighted by Crippen LogP contribution is -2.41. The smallest absolute Gasteiger partial charge is 0.274 e. The number of ether oxygens (including phenoxy) is 2. The van der Waals surface area contributed by atoms with Crippen molar-refractivity contribution >= 4 is 5.57 Å². The number of aromatic hydroxyl groups is 2. The SMILES string of the molecule is Oc1ccc(OC2(Oc3ccc(O)cc3)C=CC(c3ccccc3)=CC2)cc1. The van der Waals surface area contributed by atoms with Crippen molar-refractivity contribution < 1.29 is 19.7 Å². The Morgan fingerprint density at radius 2 is 1.21 bits per heavy atom. The van der Waals surface area contributed by atoms with Gasteiger partial charge in [-0.05, 0) is 59.7 Å². The van der Waals surface area contributed by atoms with E-state index in [1.54, 1.807) is 48.5 Å². The molecule has 0 bridgehead atoms. The maximum absolute atomic E-state index is 9.51. The van der Waals surface area contributed by atoms with Crippen molar-refractivity contribution in [1.82, 2.24) is 0 Å². The molecule has 4 rings (SSSR count). The van der Waals surface area contributed by atoms with Gasteiger partial charge in [-0.2, -0.15) is 0 Å². The quantitative estimate of drug-likeness (QED) is 0.597. The van der Waals surface area contributed by atoms with Gasteiger partial charge in [0.05, 0.1) is 0 Å². The lowest BCUT2D eigenvalue weighted by Gasteiger charge is -2.33. The molecular formula is C24H20O4. The van der Waals surface area contributed by atoms with E-state index in [-0.39, 0.29) is 11.5 Å². The normalized spacial score (nSPS) is 14.9. The Balaban J connectivity index is 1.62. The molecule has 0 saturated heterocycles. The van der Waals surface area contributed by atoms with Gasteiger partial charge in [0.2, 0.25) is 0 Å². The lowest BCUT2D eigenvalue weighted by molar-refractivity contribution is -0.0686. The van der Waals surface area contributed by atoms with Crippen LogP contribution in [0.1, 0.15) is 12.0 Å². The van der Waals surface area contributed by atoms with Crippen molar-refractivity contribution in [2.75, 3.05) is 0 Å². The average molecular weight is 372 g/mol. The second kappa shape index (κ2) is 7.53. The molecule has 0 heterocycles. The molecule has 28 heavy (non-hydrogen) atoms. The van der Waals surface area contributed by atoms with Crippen molar-refractivity contribution in [3.05, 3.63) is 103 Å². The number of phenolic OH excluding ortho intramolecular Hbond substituents is 2. The number of hydrogen-bond donors (Lipinski definition) is 2. The van der Waals surface area contributed by atoms with Gasteiger partial charge in [0, 0.05) is 12.5 Å².